The van der Waals surface area contributed by atoms with Crippen LogP contribution in [-0.4, -0.2) is 31.7 Å². The molecule has 0 bridgehead atoms. The molecule has 3 N–H and O–H groups in total. The average molecular weight is 345 g/mol. The van der Waals surface area contributed by atoms with Gasteiger partial charge in [-0.3, -0.25) is 4.79 Å². The Morgan fingerprint density at radius 1 is 1.41 bits per heavy atom. The highest BCUT2D eigenvalue weighted by molar-refractivity contribution is 6.35. The van der Waals surface area contributed by atoms with Crippen LogP contribution in [0.25, 0.3) is 0 Å². The summed E-state index contributed by atoms with van der Waals surface area (Å²) in [6.45, 7) is 3.48. The Morgan fingerprint density at radius 3 is 2.68 bits per heavy atom. The van der Waals surface area contributed by atoms with Crippen LogP contribution in [0.15, 0.2) is 18.2 Å². The SMILES string of the molecule is CC(Cc1ccc(Cl)cc1Cl)NC(=O)C1(CN)CCOCC1. The van der Waals surface area contributed by atoms with Crippen LogP contribution < -0.4 is 11.1 Å². The fraction of sp³-hybridized carbons (Fsp3) is 0.562. The zero-order valence-corrected chi connectivity index (χ0v) is 14.2. The van der Waals surface area contributed by atoms with Crippen LogP contribution in [0.1, 0.15) is 25.3 Å². The summed E-state index contributed by atoms with van der Waals surface area (Å²) in [5.41, 5.74) is 6.32. The number of hydrogen-bond acceptors (Lipinski definition) is 3. The van der Waals surface area contributed by atoms with Gasteiger partial charge in [0.15, 0.2) is 0 Å². The molecule has 1 saturated heterocycles. The van der Waals surface area contributed by atoms with Gasteiger partial charge in [0.25, 0.3) is 0 Å². The quantitative estimate of drug-likeness (QED) is 0.863. The minimum atomic E-state index is -0.504. The number of benzene rings is 1. The fourth-order valence-electron chi connectivity index (χ4n) is 2.73. The molecule has 0 aromatic heterocycles. The van der Waals surface area contributed by atoms with E-state index in [2.05, 4.69) is 5.32 Å². The first-order chi connectivity index (χ1) is 10.5. The normalized spacial score (nSPS) is 18.7. The van der Waals surface area contributed by atoms with Crippen molar-refractivity contribution in [2.45, 2.75) is 32.2 Å². The second-order valence-corrected chi connectivity index (χ2v) is 6.75. The van der Waals surface area contributed by atoms with E-state index >= 15 is 0 Å². The number of rotatable bonds is 5. The van der Waals surface area contributed by atoms with Crippen LogP contribution in [-0.2, 0) is 16.0 Å². The van der Waals surface area contributed by atoms with Crippen molar-refractivity contribution in [3.8, 4) is 0 Å². The average Bonchev–Trinajstić information content (AvgIpc) is 2.50. The first-order valence-corrected chi connectivity index (χ1v) is 8.25. The van der Waals surface area contributed by atoms with E-state index in [9.17, 15) is 4.79 Å². The zero-order valence-electron chi connectivity index (χ0n) is 12.7. The van der Waals surface area contributed by atoms with Crippen LogP contribution in [0.2, 0.25) is 10.0 Å². The van der Waals surface area contributed by atoms with Gasteiger partial charge in [-0.25, -0.2) is 0 Å². The number of nitrogens with one attached hydrogen (secondary N) is 1. The molecule has 1 unspecified atom stereocenters. The topological polar surface area (TPSA) is 64.4 Å². The van der Waals surface area contributed by atoms with Gasteiger partial charge in [-0.15, -0.1) is 0 Å². The molecule has 1 fully saturated rings. The van der Waals surface area contributed by atoms with Crippen molar-refractivity contribution in [3.63, 3.8) is 0 Å². The lowest BCUT2D eigenvalue weighted by Crippen LogP contribution is -2.51. The van der Waals surface area contributed by atoms with Crippen molar-refractivity contribution in [3.05, 3.63) is 33.8 Å². The summed E-state index contributed by atoms with van der Waals surface area (Å²) in [7, 11) is 0. The molecule has 0 saturated carbocycles. The third kappa shape index (κ3) is 4.13. The second-order valence-electron chi connectivity index (χ2n) is 5.91. The Hall–Kier alpha value is -0.810. The molecule has 22 heavy (non-hydrogen) atoms. The Kier molecular flexibility index (Phi) is 6.09. The standard InChI is InChI=1S/C16H22Cl2N2O2/c1-11(8-12-2-3-13(17)9-14(12)18)20-15(21)16(10-19)4-6-22-7-5-16/h2-3,9,11H,4-8,10,19H2,1H3,(H,20,21). The highest BCUT2D eigenvalue weighted by atomic mass is 35.5. The monoisotopic (exact) mass is 344 g/mol. The van der Waals surface area contributed by atoms with Crippen molar-refractivity contribution in [2.75, 3.05) is 19.8 Å². The molecular formula is C16H22Cl2N2O2. The van der Waals surface area contributed by atoms with Crippen LogP contribution >= 0.6 is 23.2 Å². The summed E-state index contributed by atoms with van der Waals surface area (Å²) >= 11 is 12.1. The molecule has 1 amide bonds. The third-order valence-electron chi connectivity index (χ3n) is 4.24. The number of carbonyl (C=O) groups is 1. The molecule has 0 radical (unpaired) electrons. The van der Waals surface area contributed by atoms with Gasteiger partial charge in [0.05, 0.1) is 5.41 Å². The fourth-order valence-corrected chi connectivity index (χ4v) is 3.22. The molecule has 1 aliphatic rings. The molecule has 0 aliphatic carbocycles. The number of hydrogen-bond donors (Lipinski definition) is 2. The van der Waals surface area contributed by atoms with Crippen molar-refractivity contribution in [1.29, 1.82) is 0 Å². The summed E-state index contributed by atoms with van der Waals surface area (Å²) in [6, 6.07) is 5.38. The van der Waals surface area contributed by atoms with Crippen LogP contribution in [0, 0.1) is 5.41 Å². The zero-order chi connectivity index (χ0) is 16.2. The maximum Gasteiger partial charge on any atom is 0.227 e. The largest absolute Gasteiger partial charge is 0.381 e. The van der Waals surface area contributed by atoms with E-state index in [1.807, 2.05) is 13.0 Å². The van der Waals surface area contributed by atoms with Crippen molar-refractivity contribution in [1.82, 2.24) is 5.32 Å². The third-order valence-corrected chi connectivity index (χ3v) is 4.83. The van der Waals surface area contributed by atoms with E-state index in [0.717, 1.165) is 5.56 Å². The summed E-state index contributed by atoms with van der Waals surface area (Å²) in [4.78, 5) is 12.6. The number of ether oxygens (including phenoxy) is 1. The lowest BCUT2D eigenvalue weighted by atomic mass is 9.79. The molecule has 1 aromatic carbocycles. The predicted octanol–water partition coefficient (Wildman–Crippen LogP) is 2.80. The number of carbonyl (C=O) groups excluding carboxylic acids is 1. The molecule has 4 nitrogen and oxygen atoms in total. The smallest absolute Gasteiger partial charge is 0.227 e. The maximum absolute atomic E-state index is 12.6. The lowest BCUT2D eigenvalue weighted by Gasteiger charge is -2.35. The molecule has 1 heterocycles. The molecule has 1 atom stereocenters. The number of amides is 1. The minimum Gasteiger partial charge on any atom is -0.381 e. The van der Waals surface area contributed by atoms with Gasteiger partial charge in [-0.05, 0) is 43.9 Å². The van der Waals surface area contributed by atoms with Crippen molar-refractivity contribution in [2.24, 2.45) is 11.1 Å². The van der Waals surface area contributed by atoms with Gasteiger partial charge in [0.1, 0.15) is 0 Å². The van der Waals surface area contributed by atoms with Crippen LogP contribution in [0.4, 0.5) is 0 Å². The van der Waals surface area contributed by atoms with E-state index < -0.39 is 5.41 Å². The van der Waals surface area contributed by atoms with Gasteiger partial charge in [0.2, 0.25) is 5.91 Å². The summed E-state index contributed by atoms with van der Waals surface area (Å²) in [5.74, 6) is 0.0101. The Labute approximate surface area is 141 Å². The van der Waals surface area contributed by atoms with Crippen LogP contribution in [0.5, 0.6) is 0 Å². The van der Waals surface area contributed by atoms with E-state index in [4.69, 9.17) is 33.7 Å². The molecule has 122 valence electrons. The summed E-state index contributed by atoms with van der Waals surface area (Å²) < 4.78 is 5.34. The van der Waals surface area contributed by atoms with Crippen molar-refractivity contribution >= 4 is 29.1 Å². The molecule has 1 aliphatic heterocycles. The maximum atomic E-state index is 12.6. The number of nitrogens with two attached hydrogens (primary N) is 1. The summed E-state index contributed by atoms with van der Waals surface area (Å²) in [5, 5.41) is 4.29. The van der Waals surface area contributed by atoms with E-state index in [1.54, 1.807) is 12.1 Å². The highest BCUT2D eigenvalue weighted by Crippen LogP contribution is 2.30. The van der Waals surface area contributed by atoms with E-state index in [0.29, 0.717) is 49.1 Å². The van der Waals surface area contributed by atoms with Gasteiger partial charge in [0, 0.05) is 35.8 Å². The van der Waals surface area contributed by atoms with Gasteiger partial charge in [-0.2, -0.15) is 0 Å². The van der Waals surface area contributed by atoms with Gasteiger partial charge < -0.3 is 15.8 Å². The minimum absolute atomic E-state index is 0.0101. The first kappa shape index (κ1) is 17.5. The molecule has 2 rings (SSSR count). The van der Waals surface area contributed by atoms with E-state index in [1.165, 1.54) is 0 Å². The molecule has 6 heteroatoms. The first-order valence-electron chi connectivity index (χ1n) is 7.49. The highest BCUT2D eigenvalue weighted by Gasteiger charge is 2.39. The van der Waals surface area contributed by atoms with Gasteiger partial charge >= 0.3 is 0 Å². The number of halogens is 2. The molecule has 1 aromatic rings. The van der Waals surface area contributed by atoms with Crippen molar-refractivity contribution < 1.29 is 9.53 Å². The second kappa shape index (κ2) is 7.64. The Morgan fingerprint density at radius 2 is 2.09 bits per heavy atom. The molecular weight excluding hydrogens is 323 g/mol. The molecule has 0 spiro atoms. The lowest BCUT2D eigenvalue weighted by molar-refractivity contribution is -0.136. The Bertz CT molecular complexity index is 531. The Balaban J connectivity index is 1.98. The predicted molar refractivity (Wildman–Crippen MR) is 89.3 cm³/mol. The van der Waals surface area contributed by atoms with Crippen LogP contribution in [0.3, 0.4) is 0 Å². The van der Waals surface area contributed by atoms with Gasteiger partial charge in [-0.1, -0.05) is 29.3 Å². The summed E-state index contributed by atoms with van der Waals surface area (Å²) in [6.07, 6.45) is 1.99. The van der Waals surface area contributed by atoms with E-state index in [-0.39, 0.29) is 11.9 Å².